The molecule has 0 radical (unpaired) electrons. The number of ether oxygens (including phenoxy) is 1. The second kappa shape index (κ2) is 7.35. The third-order valence-corrected chi connectivity index (χ3v) is 4.57. The Labute approximate surface area is 143 Å². The molecule has 2 N–H and O–H groups in total. The summed E-state index contributed by atoms with van der Waals surface area (Å²) in [7, 11) is 0. The quantitative estimate of drug-likeness (QED) is 0.916. The highest BCUT2D eigenvalue weighted by Crippen LogP contribution is 2.39. The molecule has 0 unspecified atom stereocenters. The van der Waals surface area contributed by atoms with Crippen LogP contribution >= 0.6 is 0 Å². The smallest absolute Gasteiger partial charge is 0.142 e. The molecule has 0 bridgehead atoms. The molecule has 1 aromatic carbocycles. The second-order valence-corrected chi connectivity index (χ2v) is 6.13. The van der Waals surface area contributed by atoms with Gasteiger partial charge in [0.25, 0.3) is 0 Å². The van der Waals surface area contributed by atoms with Gasteiger partial charge in [0.05, 0.1) is 6.61 Å². The van der Waals surface area contributed by atoms with Gasteiger partial charge in [0.2, 0.25) is 0 Å². The lowest BCUT2D eigenvalue weighted by Gasteiger charge is -2.21. The molecule has 0 spiro atoms. The summed E-state index contributed by atoms with van der Waals surface area (Å²) in [5.41, 5.74) is 10.7. The van der Waals surface area contributed by atoms with Crippen LogP contribution in [0.25, 0.3) is 11.1 Å². The Morgan fingerprint density at radius 2 is 1.92 bits per heavy atom. The van der Waals surface area contributed by atoms with Crippen LogP contribution in [0.5, 0.6) is 5.75 Å². The number of rotatable bonds is 3. The summed E-state index contributed by atoms with van der Waals surface area (Å²) in [6.07, 6.45) is 6.55. The number of nitrogens with zero attached hydrogens (tertiary/aromatic N) is 2. The Hall–Kier alpha value is -2.54. The standard InChI is InChI=1S/C20H23N3O/c1-2-24-18-12-8-7-10-15(18)19-14-9-5-3-4-6-11-17(14)23-20(22)16(19)13-21/h7-8,10,12H,2-6,9,11H2,1H3,(H2,22,23). The molecule has 2 aromatic rings. The van der Waals surface area contributed by atoms with Gasteiger partial charge in [-0.3, -0.25) is 0 Å². The van der Waals surface area contributed by atoms with E-state index in [1.54, 1.807) is 0 Å². The Balaban J connectivity index is 2.28. The van der Waals surface area contributed by atoms with Crippen molar-refractivity contribution in [1.29, 1.82) is 5.26 Å². The summed E-state index contributed by atoms with van der Waals surface area (Å²) in [5, 5.41) is 9.70. The van der Waals surface area contributed by atoms with Crippen LogP contribution in [0.3, 0.4) is 0 Å². The number of aryl methyl sites for hydroxylation is 1. The fourth-order valence-corrected chi connectivity index (χ4v) is 3.48. The minimum absolute atomic E-state index is 0.332. The van der Waals surface area contributed by atoms with E-state index in [-0.39, 0.29) is 0 Å². The lowest BCUT2D eigenvalue weighted by molar-refractivity contribution is 0.341. The first-order chi connectivity index (χ1) is 11.8. The fraction of sp³-hybridized carbons (Fsp3) is 0.400. The van der Waals surface area contributed by atoms with E-state index in [0.717, 1.165) is 48.3 Å². The summed E-state index contributed by atoms with van der Waals surface area (Å²) in [6.45, 7) is 2.55. The van der Waals surface area contributed by atoms with E-state index >= 15 is 0 Å². The molecule has 0 saturated heterocycles. The van der Waals surface area contributed by atoms with Crippen molar-refractivity contribution in [2.45, 2.75) is 45.4 Å². The van der Waals surface area contributed by atoms with Gasteiger partial charge < -0.3 is 10.5 Å². The number of aromatic nitrogens is 1. The lowest BCUT2D eigenvalue weighted by Crippen LogP contribution is -2.10. The summed E-state index contributed by atoms with van der Waals surface area (Å²) in [4.78, 5) is 4.56. The van der Waals surface area contributed by atoms with Crippen LogP contribution in [0.15, 0.2) is 24.3 Å². The van der Waals surface area contributed by atoms with E-state index in [9.17, 15) is 5.26 Å². The normalized spacial score (nSPS) is 14.2. The zero-order chi connectivity index (χ0) is 16.9. The van der Waals surface area contributed by atoms with Gasteiger partial charge in [0.15, 0.2) is 0 Å². The number of nitrogens with two attached hydrogens (primary N) is 1. The number of nitriles is 1. The molecule has 1 aliphatic carbocycles. The minimum atomic E-state index is 0.332. The number of para-hydroxylation sites is 1. The molecule has 1 aliphatic rings. The van der Waals surface area contributed by atoms with Crippen molar-refractivity contribution in [1.82, 2.24) is 4.98 Å². The zero-order valence-corrected chi connectivity index (χ0v) is 14.1. The monoisotopic (exact) mass is 321 g/mol. The predicted molar refractivity (Wildman–Crippen MR) is 95.8 cm³/mol. The van der Waals surface area contributed by atoms with Gasteiger partial charge in [-0.2, -0.15) is 5.26 Å². The molecule has 1 aromatic heterocycles. The van der Waals surface area contributed by atoms with Gasteiger partial charge in [-0.15, -0.1) is 0 Å². The fourth-order valence-electron chi connectivity index (χ4n) is 3.48. The van der Waals surface area contributed by atoms with E-state index < -0.39 is 0 Å². The van der Waals surface area contributed by atoms with Gasteiger partial charge in [-0.1, -0.05) is 31.0 Å². The van der Waals surface area contributed by atoms with Crippen LogP contribution in [0.1, 0.15) is 49.4 Å². The average Bonchev–Trinajstić information content (AvgIpc) is 2.57. The number of anilines is 1. The summed E-state index contributed by atoms with van der Waals surface area (Å²) < 4.78 is 5.81. The molecular weight excluding hydrogens is 298 g/mol. The van der Waals surface area contributed by atoms with Crippen LogP contribution in [0.4, 0.5) is 5.82 Å². The molecule has 0 fully saturated rings. The Morgan fingerprint density at radius 1 is 1.17 bits per heavy atom. The highest BCUT2D eigenvalue weighted by molar-refractivity contribution is 5.82. The van der Waals surface area contributed by atoms with Crippen molar-refractivity contribution < 1.29 is 4.74 Å². The first-order valence-corrected chi connectivity index (χ1v) is 8.69. The van der Waals surface area contributed by atoms with E-state index in [1.165, 1.54) is 18.4 Å². The molecule has 124 valence electrons. The van der Waals surface area contributed by atoms with Crippen LogP contribution in [0.2, 0.25) is 0 Å². The molecule has 4 heteroatoms. The van der Waals surface area contributed by atoms with Crippen LogP contribution in [-0.4, -0.2) is 11.6 Å². The van der Waals surface area contributed by atoms with Gasteiger partial charge in [-0.05, 0) is 44.2 Å². The van der Waals surface area contributed by atoms with Gasteiger partial charge in [0.1, 0.15) is 23.2 Å². The molecule has 4 nitrogen and oxygen atoms in total. The minimum Gasteiger partial charge on any atom is -0.493 e. The molecule has 0 amide bonds. The number of pyridine rings is 1. The molecule has 0 aliphatic heterocycles. The van der Waals surface area contributed by atoms with Crippen molar-refractivity contribution in [3.63, 3.8) is 0 Å². The number of nitrogen functional groups attached to an aromatic ring is 1. The predicted octanol–water partition coefficient (Wildman–Crippen LogP) is 4.26. The Kier molecular flexibility index (Phi) is 5.00. The highest BCUT2D eigenvalue weighted by Gasteiger charge is 2.22. The van der Waals surface area contributed by atoms with Crippen LogP contribution < -0.4 is 10.5 Å². The maximum atomic E-state index is 9.70. The molecule has 0 saturated carbocycles. The zero-order valence-electron chi connectivity index (χ0n) is 14.1. The highest BCUT2D eigenvalue weighted by atomic mass is 16.5. The molecule has 3 rings (SSSR count). The molecular formula is C20H23N3O. The van der Waals surface area contributed by atoms with Crippen LogP contribution in [-0.2, 0) is 12.8 Å². The largest absolute Gasteiger partial charge is 0.493 e. The number of hydrogen-bond acceptors (Lipinski definition) is 4. The third kappa shape index (κ3) is 3.07. The van der Waals surface area contributed by atoms with Gasteiger partial charge in [-0.25, -0.2) is 4.98 Å². The first-order valence-electron chi connectivity index (χ1n) is 8.69. The Morgan fingerprint density at radius 3 is 2.67 bits per heavy atom. The number of hydrogen-bond donors (Lipinski definition) is 1. The third-order valence-electron chi connectivity index (χ3n) is 4.57. The summed E-state index contributed by atoms with van der Waals surface area (Å²) >= 11 is 0. The Bertz CT molecular complexity index is 777. The molecule has 0 atom stereocenters. The van der Waals surface area contributed by atoms with Crippen molar-refractivity contribution >= 4 is 5.82 Å². The topological polar surface area (TPSA) is 71.9 Å². The molecule has 1 heterocycles. The van der Waals surface area contributed by atoms with E-state index in [4.69, 9.17) is 10.5 Å². The average molecular weight is 321 g/mol. The van der Waals surface area contributed by atoms with Crippen molar-refractivity contribution in [2.75, 3.05) is 12.3 Å². The number of fused-ring (bicyclic) bond motifs is 1. The van der Waals surface area contributed by atoms with Crippen LogP contribution in [0, 0.1) is 11.3 Å². The van der Waals surface area contributed by atoms with E-state index in [2.05, 4.69) is 11.1 Å². The molecule has 24 heavy (non-hydrogen) atoms. The maximum Gasteiger partial charge on any atom is 0.142 e. The maximum absolute atomic E-state index is 9.70. The van der Waals surface area contributed by atoms with E-state index in [1.807, 2.05) is 31.2 Å². The van der Waals surface area contributed by atoms with Gasteiger partial charge >= 0.3 is 0 Å². The number of benzene rings is 1. The van der Waals surface area contributed by atoms with E-state index in [0.29, 0.717) is 18.0 Å². The summed E-state index contributed by atoms with van der Waals surface area (Å²) in [5.74, 6) is 1.13. The SMILES string of the molecule is CCOc1ccccc1-c1c(C#N)c(N)nc2c1CCCCCC2. The van der Waals surface area contributed by atoms with Crippen molar-refractivity contribution in [3.05, 3.63) is 41.1 Å². The van der Waals surface area contributed by atoms with Crippen molar-refractivity contribution in [2.24, 2.45) is 0 Å². The second-order valence-electron chi connectivity index (χ2n) is 6.13. The first kappa shape index (κ1) is 16.3. The van der Waals surface area contributed by atoms with Crippen molar-refractivity contribution in [3.8, 4) is 22.9 Å². The van der Waals surface area contributed by atoms with Gasteiger partial charge in [0, 0.05) is 16.8 Å². The lowest BCUT2D eigenvalue weighted by atomic mass is 9.87. The summed E-state index contributed by atoms with van der Waals surface area (Å²) in [6, 6.07) is 10.2.